The second kappa shape index (κ2) is 7.91. The van der Waals surface area contributed by atoms with Gasteiger partial charge in [-0.05, 0) is 55.9 Å². The van der Waals surface area contributed by atoms with E-state index < -0.39 is 0 Å². The van der Waals surface area contributed by atoms with Crippen LogP contribution in [0.5, 0.6) is 0 Å². The zero-order valence-corrected chi connectivity index (χ0v) is 16.5. The largest absolute Gasteiger partial charge is 0.381 e. The Morgan fingerprint density at radius 2 is 1.97 bits per heavy atom. The predicted molar refractivity (Wildman–Crippen MR) is 113 cm³/mol. The van der Waals surface area contributed by atoms with E-state index in [-0.39, 0.29) is 11.4 Å². The Labute approximate surface area is 172 Å². The van der Waals surface area contributed by atoms with Gasteiger partial charge in [-0.15, -0.1) is 0 Å². The van der Waals surface area contributed by atoms with Gasteiger partial charge in [0.25, 0.3) is 5.56 Å². The van der Waals surface area contributed by atoms with Crippen LogP contribution in [0.15, 0.2) is 53.3 Å². The molecule has 0 aliphatic carbocycles. The Morgan fingerprint density at radius 3 is 2.77 bits per heavy atom. The van der Waals surface area contributed by atoms with Crippen molar-refractivity contribution >= 4 is 11.0 Å². The molecule has 0 spiro atoms. The molecule has 3 heterocycles. The van der Waals surface area contributed by atoms with E-state index >= 15 is 0 Å². The summed E-state index contributed by atoms with van der Waals surface area (Å²) >= 11 is 0. The molecule has 1 saturated heterocycles. The van der Waals surface area contributed by atoms with Crippen molar-refractivity contribution in [1.82, 2.24) is 19.7 Å². The van der Waals surface area contributed by atoms with Gasteiger partial charge in [0.1, 0.15) is 5.82 Å². The van der Waals surface area contributed by atoms with Crippen LogP contribution in [0.4, 0.5) is 4.39 Å². The van der Waals surface area contributed by atoms with E-state index in [4.69, 9.17) is 4.74 Å². The SMILES string of the molecule is O=c1c(CCC2CCOCC2)c(-c2cccc(F)c2)[nH]n1-c1nc2ccccc2[nH]1. The third-order valence-corrected chi connectivity index (χ3v) is 5.83. The second-order valence-electron chi connectivity index (χ2n) is 7.79. The number of ether oxygens (including phenoxy) is 1. The topological polar surface area (TPSA) is 75.7 Å². The molecule has 0 unspecified atom stereocenters. The van der Waals surface area contributed by atoms with Gasteiger partial charge in [-0.1, -0.05) is 24.3 Å². The number of rotatable bonds is 5. The lowest BCUT2D eigenvalue weighted by Crippen LogP contribution is -2.20. The van der Waals surface area contributed by atoms with Crippen molar-refractivity contribution in [2.24, 2.45) is 5.92 Å². The van der Waals surface area contributed by atoms with Crippen LogP contribution >= 0.6 is 0 Å². The number of halogens is 1. The summed E-state index contributed by atoms with van der Waals surface area (Å²) in [4.78, 5) is 21.1. The van der Waals surface area contributed by atoms with Gasteiger partial charge in [0.2, 0.25) is 5.95 Å². The number of nitrogens with one attached hydrogen (secondary N) is 2. The van der Waals surface area contributed by atoms with Crippen LogP contribution in [0.3, 0.4) is 0 Å². The van der Waals surface area contributed by atoms with E-state index in [1.54, 1.807) is 6.07 Å². The molecule has 6 nitrogen and oxygen atoms in total. The molecule has 1 aliphatic heterocycles. The maximum atomic E-state index is 13.9. The van der Waals surface area contributed by atoms with Crippen molar-refractivity contribution < 1.29 is 9.13 Å². The minimum absolute atomic E-state index is 0.152. The maximum Gasteiger partial charge on any atom is 0.277 e. The first-order valence-electron chi connectivity index (χ1n) is 10.3. The summed E-state index contributed by atoms with van der Waals surface area (Å²) in [6.07, 6.45) is 3.55. The average molecular weight is 406 g/mol. The van der Waals surface area contributed by atoms with Gasteiger partial charge in [0.15, 0.2) is 0 Å². The third kappa shape index (κ3) is 3.57. The van der Waals surface area contributed by atoms with Gasteiger partial charge < -0.3 is 9.72 Å². The standard InChI is InChI=1S/C23H23FN4O2/c24-17-5-3-4-16(14-17)21-18(9-8-15-10-12-30-13-11-15)22(29)28(27-21)23-25-19-6-1-2-7-20(19)26-23/h1-7,14-15,27H,8-13H2,(H,25,26). The molecule has 154 valence electrons. The molecule has 1 fully saturated rings. The van der Waals surface area contributed by atoms with Gasteiger partial charge in [-0.2, -0.15) is 4.68 Å². The summed E-state index contributed by atoms with van der Waals surface area (Å²) in [6, 6.07) is 14.0. The molecule has 0 atom stereocenters. The first kappa shape index (κ1) is 18.8. The molecule has 2 aromatic carbocycles. The number of aromatic amines is 2. The van der Waals surface area contributed by atoms with E-state index in [2.05, 4.69) is 15.1 Å². The van der Waals surface area contributed by atoms with E-state index in [0.717, 1.165) is 43.5 Å². The third-order valence-electron chi connectivity index (χ3n) is 5.83. The molecule has 2 aromatic heterocycles. The highest BCUT2D eigenvalue weighted by Gasteiger charge is 2.21. The quantitative estimate of drug-likeness (QED) is 0.521. The Morgan fingerprint density at radius 1 is 1.13 bits per heavy atom. The molecule has 5 rings (SSSR count). The van der Waals surface area contributed by atoms with Crippen LogP contribution in [0, 0.1) is 11.7 Å². The van der Waals surface area contributed by atoms with Crippen molar-refractivity contribution in [2.75, 3.05) is 13.2 Å². The van der Waals surface area contributed by atoms with Gasteiger partial charge in [-0.3, -0.25) is 9.89 Å². The fourth-order valence-electron chi connectivity index (χ4n) is 4.16. The van der Waals surface area contributed by atoms with Crippen LogP contribution in [0.1, 0.15) is 24.8 Å². The molecular formula is C23H23FN4O2. The number of nitrogens with zero attached hydrogens (tertiary/aromatic N) is 2. The highest BCUT2D eigenvalue weighted by atomic mass is 19.1. The van der Waals surface area contributed by atoms with Gasteiger partial charge in [0.05, 0.1) is 16.7 Å². The number of benzene rings is 2. The molecule has 7 heteroatoms. The van der Waals surface area contributed by atoms with E-state index in [9.17, 15) is 9.18 Å². The predicted octanol–water partition coefficient (Wildman–Crippen LogP) is 4.21. The molecule has 4 aromatic rings. The average Bonchev–Trinajstić information content (AvgIpc) is 3.34. The molecule has 0 radical (unpaired) electrons. The second-order valence-corrected chi connectivity index (χ2v) is 7.79. The summed E-state index contributed by atoms with van der Waals surface area (Å²) in [7, 11) is 0. The lowest BCUT2D eigenvalue weighted by Gasteiger charge is -2.21. The van der Waals surface area contributed by atoms with E-state index in [0.29, 0.717) is 35.1 Å². The van der Waals surface area contributed by atoms with Gasteiger partial charge in [0, 0.05) is 24.3 Å². The summed E-state index contributed by atoms with van der Waals surface area (Å²) in [6.45, 7) is 1.55. The van der Waals surface area contributed by atoms with Crippen LogP contribution < -0.4 is 5.56 Å². The van der Waals surface area contributed by atoms with Crippen molar-refractivity contribution in [2.45, 2.75) is 25.7 Å². The summed E-state index contributed by atoms with van der Waals surface area (Å²) in [5.41, 5.74) is 3.44. The Hall–Kier alpha value is -3.19. The zero-order chi connectivity index (χ0) is 20.5. The van der Waals surface area contributed by atoms with Gasteiger partial charge in [-0.25, -0.2) is 9.37 Å². The molecular weight excluding hydrogens is 383 g/mol. The number of aromatic nitrogens is 4. The van der Waals surface area contributed by atoms with Crippen LogP contribution in [0.25, 0.3) is 28.2 Å². The van der Waals surface area contributed by atoms with Crippen LogP contribution in [-0.2, 0) is 11.2 Å². The van der Waals surface area contributed by atoms with E-state index in [1.165, 1.54) is 16.8 Å². The number of H-pyrrole nitrogens is 2. The summed E-state index contributed by atoms with van der Waals surface area (Å²) < 4.78 is 20.8. The molecule has 0 bridgehead atoms. The summed E-state index contributed by atoms with van der Waals surface area (Å²) in [5, 5.41) is 3.18. The molecule has 0 amide bonds. The molecule has 0 saturated carbocycles. The summed E-state index contributed by atoms with van der Waals surface area (Å²) in [5.74, 6) is 0.629. The molecule has 1 aliphatic rings. The van der Waals surface area contributed by atoms with Crippen molar-refractivity contribution in [3.63, 3.8) is 0 Å². The van der Waals surface area contributed by atoms with Crippen LogP contribution in [-0.4, -0.2) is 33.0 Å². The first-order valence-corrected chi connectivity index (χ1v) is 10.3. The Balaban J connectivity index is 1.57. The highest BCUT2D eigenvalue weighted by Crippen LogP contribution is 2.26. The number of imidazole rings is 1. The van der Waals surface area contributed by atoms with Crippen molar-refractivity contribution in [3.8, 4) is 17.2 Å². The number of hydrogen-bond donors (Lipinski definition) is 2. The highest BCUT2D eigenvalue weighted by molar-refractivity contribution is 5.76. The van der Waals surface area contributed by atoms with Crippen molar-refractivity contribution in [1.29, 1.82) is 0 Å². The molecule has 30 heavy (non-hydrogen) atoms. The minimum atomic E-state index is -0.333. The zero-order valence-electron chi connectivity index (χ0n) is 16.5. The smallest absolute Gasteiger partial charge is 0.277 e. The monoisotopic (exact) mass is 406 g/mol. The van der Waals surface area contributed by atoms with Crippen LogP contribution in [0.2, 0.25) is 0 Å². The Kier molecular flexibility index (Phi) is 4.96. The van der Waals surface area contributed by atoms with E-state index in [1.807, 2.05) is 30.3 Å². The number of hydrogen-bond acceptors (Lipinski definition) is 3. The fraction of sp³-hybridized carbons (Fsp3) is 0.304. The van der Waals surface area contributed by atoms with Crippen molar-refractivity contribution in [3.05, 3.63) is 70.3 Å². The fourth-order valence-corrected chi connectivity index (χ4v) is 4.16. The normalized spacial score (nSPS) is 15.1. The lowest BCUT2D eigenvalue weighted by molar-refractivity contribution is 0.0640. The molecule has 2 N–H and O–H groups in total. The number of fused-ring (bicyclic) bond motifs is 1. The van der Waals surface area contributed by atoms with Gasteiger partial charge >= 0.3 is 0 Å². The Bertz CT molecular complexity index is 1200. The lowest BCUT2D eigenvalue weighted by atomic mass is 9.92. The first-order chi connectivity index (χ1) is 14.7. The maximum absolute atomic E-state index is 13.9. The number of para-hydroxylation sites is 2. The minimum Gasteiger partial charge on any atom is -0.381 e.